The summed E-state index contributed by atoms with van der Waals surface area (Å²) in [7, 11) is 0. The monoisotopic (exact) mass is 442 g/mol. The number of para-hydroxylation sites is 1. The molecule has 2 N–H and O–H groups in total. The third-order valence-electron chi connectivity index (χ3n) is 5.79. The van der Waals surface area contributed by atoms with Gasteiger partial charge in [-0.3, -0.25) is 4.79 Å². The zero-order chi connectivity index (χ0) is 23.0. The van der Waals surface area contributed by atoms with Crippen LogP contribution in [0.2, 0.25) is 0 Å². The Morgan fingerprint density at radius 1 is 1.19 bits per heavy atom. The average molecular weight is 442 g/mol. The third-order valence-corrected chi connectivity index (χ3v) is 5.79. The standard InChI is InChI=1S/C24H24F2N2O4/c1-14-11-17(15(2)27-19-6-4-3-5-16(19)23(30)31)22-18(12-14)20(29)13-21(32-22)28-9-7-24(25,26)8-10-28/h3-6,11-13,15,27H,7-10H2,1-2H3,(H,30,31). The van der Waals surface area contributed by atoms with Crippen molar-refractivity contribution < 1.29 is 23.1 Å². The molecule has 4 rings (SSSR count). The van der Waals surface area contributed by atoms with E-state index in [0.29, 0.717) is 22.2 Å². The number of benzene rings is 2. The van der Waals surface area contributed by atoms with Crippen LogP contribution in [0.25, 0.3) is 11.0 Å². The molecule has 0 spiro atoms. The highest BCUT2D eigenvalue weighted by Crippen LogP contribution is 2.33. The van der Waals surface area contributed by atoms with Gasteiger partial charge < -0.3 is 19.7 Å². The molecule has 1 unspecified atom stereocenters. The molecule has 1 saturated heterocycles. The van der Waals surface area contributed by atoms with Crippen LogP contribution in [0.4, 0.5) is 20.4 Å². The Kier molecular flexibility index (Phi) is 5.62. The molecule has 1 aromatic heterocycles. The molecule has 0 aliphatic carbocycles. The van der Waals surface area contributed by atoms with Crippen LogP contribution in [0.15, 0.2) is 51.7 Å². The van der Waals surface area contributed by atoms with Gasteiger partial charge >= 0.3 is 5.97 Å². The van der Waals surface area contributed by atoms with Crippen molar-refractivity contribution in [3.8, 4) is 0 Å². The first-order chi connectivity index (χ1) is 15.1. The molecule has 0 saturated carbocycles. The number of hydrogen-bond acceptors (Lipinski definition) is 5. The number of hydrogen-bond donors (Lipinski definition) is 2. The summed E-state index contributed by atoms with van der Waals surface area (Å²) in [6, 6.07) is 11.1. The molecular weight excluding hydrogens is 418 g/mol. The molecule has 1 aliphatic heterocycles. The number of rotatable bonds is 5. The van der Waals surface area contributed by atoms with Crippen LogP contribution in [0.1, 0.15) is 47.3 Å². The van der Waals surface area contributed by atoms with Crippen molar-refractivity contribution in [1.29, 1.82) is 0 Å². The van der Waals surface area contributed by atoms with Crippen molar-refractivity contribution in [2.75, 3.05) is 23.3 Å². The third kappa shape index (κ3) is 4.30. The van der Waals surface area contributed by atoms with Crippen LogP contribution >= 0.6 is 0 Å². The van der Waals surface area contributed by atoms with E-state index in [4.69, 9.17) is 4.42 Å². The van der Waals surface area contributed by atoms with Crippen molar-refractivity contribution in [3.05, 3.63) is 69.4 Å². The number of carboxylic acid groups (broad SMARTS) is 1. The second-order valence-electron chi connectivity index (χ2n) is 8.24. The molecular formula is C24H24F2N2O4. The summed E-state index contributed by atoms with van der Waals surface area (Å²) in [5.41, 5.74) is 2.23. The summed E-state index contributed by atoms with van der Waals surface area (Å²) in [5, 5.41) is 13.1. The molecule has 1 aliphatic rings. The summed E-state index contributed by atoms with van der Waals surface area (Å²) in [6.07, 6.45) is -0.584. The summed E-state index contributed by atoms with van der Waals surface area (Å²) >= 11 is 0. The lowest BCUT2D eigenvalue weighted by molar-refractivity contribution is -0.0225. The Morgan fingerprint density at radius 2 is 1.88 bits per heavy atom. The minimum Gasteiger partial charge on any atom is -0.478 e. The normalized spacial score (nSPS) is 16.7. The quantitative estimate of drug-likeness (QED) is 0.565. The SMILES string of the molecule is Cc1cc(C(C)Nc2ccccc2C(=O)O)c2oc(N3CCC(F)(F)CC3)cc(=O)c2c1. The van der Waals surface area contributed by atoms with Crippen molar-refractivity contribution in [1.82, 2.24) is 0 Å². The maximum Gasteiger partial charge on any atom is 0.337 e. The molecule has 8 heteroatoms. The molecule has 3 aromatic rings. The lowest BCUT2D eigenvalue weighted by atomic mass is 10.0. The number of fused-ring (bicyclic) bond motifs is 1. The molecule has 168 valence electrons. The number of anilines is 2. The van der Waals surface area contributed by atoms with Crippen molar-refractivity contribution in [2.45, 2.75) is 38.7 Å². The van der Waals surface area contributed by atoms with Gasteiger partial charge in [-0.15, -0.1) is 0 Å². The van der Waals surface area contributed by atoms with E-state index in [-0.39, 0.29) is 48.8 Å². The molecule has 2 heterocycles. The van der Waals surface area contributed by atoms with E-state index in [2.05, 4.69) is 5.32 Å². The Hall–Kier alpha value is -3.42. The number of aromatic carboxylic acids is 1. The van der Waals surface area contributed by atoms with E-state index < -0.39 is 11.9 Å². The fourth-order valence-electron chi connectivity index (χ4n) is 4.06. The molecule has 2 aromatic carbocycles. The minimum absolute atomic E-state index is 0.0996. The lowest BCUT2D eigenvalue weighted by Gasteiger charge is -2.32. The average Bonchev–Trinajstić information content (AvgIpc) is 2.74. The number of carbonyl (C=O) groups is 1. The van der Waals surface area contributed by atoms with E-state index >= 15 is 0 Å². The lowest BCUT2D eigenvalue weighted by Crippen LogP contribution is -2.39. The maximum atomic E-state index is 13.6. The van der Waals surface area contributed by atoms with E-state index in [1.807, 2.05) is 19.9 Å². The second kappa shape index (κ2) is 8.26. The summed E-state index contributed by atoms with van der Waals surface area (Å²) < 4.78 is 33.2. The van der Waals surface area contributed by atoms with Gasteiger partial charge in [-0.2, -0.15) is 0 Å². The molecule has 0 amide bonds. The number of carboxylic acids is 1. The fourth-order valence-corrected chi connectivity index (χ4v) is 4.06. The maximum absolute atomic E-state index is 13.6. The van der Waals surface area contributed by atoms with Gasteiger partial charge in [0.15, 0.2) is 11.3 Å². The first kappa shape index (κ1) is 21.8. The molecule has 6 nitrogen and oxygen atoms in total. The number of aryl methyl sites for hydroxylation is 1. The number of piperidine rings is 1. The van der Waals surface area contributed by atoms with Gasteiger partial charge in [0.2, 0.25) is 0 Å². The highest BCUT2D eigenvalue weighted by atomic mass is 19.3. The van der Waals surface area contributed by atoms with Gasteiger partial charge in [0.05, 0.1) is 17.0 Å². The van der Waals surface area contributed by atoms with Gasteiger partial charge in [-0.05, 0) is 37.6 Å². The highest BCUT2D eigenvalue weighted by molar-refractivity contribution is 5.94. The molecule has 0 radical (unpaired) electrons. The predicted octanol–water partition coefficient (Wildman–Crippen LogP) is 5.21. The second-order valence-corrected chi connectivity index (χ2v) is 8.24. The number of nitrogens with one attached hydrogen (secondary N) is 1. The highest BCUT2D eigenvalue weighted by Gasteiger charge is 2.35. The Bertz CT molecular complexity index is 1230. The van der Waals surface area contributed by atoms with Crippen molar-refractivity contribution >= 4 is 28.5 Å². The van der Waals surface area contributed by atoms with Crippen LogP contribution in [0, 0.1) is 6.92 Å². The van der Waals surface area contributed by atoms with Gasteiger partial charge in [0, 0.05) is 43.2 Å². The van der Waals surface area contributed by atoms with Gasteiger partial charge in [0.25, 0.3) is 5.92 Å². The summed E-state index contributed by atoms with van der Waals surface area (Å²) in [6.45, 7) is 3.91. The summed E-state index contributed by atoms with van der Waals surface area (Å²) in [4.78, 5) is 26.1. The van der Waals surface area contributed by atoms with Crippen molar-refractivity contribution in [2.24, 2.45) is 0 Å². The zero-order valence-corrected chi connectivity index (χ0v) is 17.8. The molecule has 1 fully saturated rings. The van der Waals surface area contributed by atoms with Crippen LogP contribution in [0.5, 0.6) is 0 Å². The largest absolute Gasteiger partial charge is 0.478 e. The van der Waals surface area contributed by atoms with Crippen LogP contribution in [0.3, 0.4) is 0 Å². The molecule has 0 bridgehead atoms. The van der Waals surface area contributed by atoms with Crippen LogP contribution < -0.4 is 15.6 Å². The molecule has 32 heavy (non-hydrogen) atoms. The van der Waals surface area contributed by atoms with E-state index in [1.165, 1.54) is 12.1 Å². The van der Waals surface area contributed by atoms with E-state index in [9.17, 15) is 23.5 Å². The predicted molar refractivity (Wildman–Crippen MR) is 119 cm³/mol. The van der Waals surface area contributed by atoms with E-state index in [1.54, 1.807) is 29.2 Å². The van der Waals surface area contributed by atoms with Gasteiger partial charge in [-0.1, -0.05) is 18.2 Å². The van der Waals surface area contributed by atoms with Gasteiger partial charge in [0.1, 0.15) is 5.58 Å². The Labute approximate surface area is 183 Å². The summed E-state index contributed by atoms with van der Waals surface area (Å²) in [5.74, 6) is -3.49. The smallest absolute Gasteiger partial charge is 0.337 e. The molecule has 1 atom stereocenters. The Balaban J connectivity index is 1.75. The zero-order valence-electron chi connectivity index (χ0n) is 17.8. The number of halogens is 2. The topological polar surface area (TPSA) is 82.8 Å². The number of alkyl halides is 2. The van der Waals surface area contributed by atoms with Crippen LogP contribution in [-0.2, 0) is 0 Å². The number of nitrogens with zero attached hydrogens (tertiary/aromatic N) is 1. The van der Waals surface area contributed by atoms with E-state index in [0.717, 1.165) is 5.56 Å². The minimum atomic E-state index is -2.70. The Morgan fingerprint density at radius 3 is 2.56 bits per heavy atom. The fraction of sp³-hybridized carbons (Fsp3) is 0.333. The van der Waals surface area contributed by atoms with Crippen LogP contribution in [-0.4, -0.2) is 30.1 Å². The first-order valence-electron chi connectivity index (χ1n) is 10.4. The van der Waals surface area contributed by atoms with Gasteiger partial charge in [-0.25, -0.2) is 13.6 Å². The van der Waals surface area contributed by atoms with Crippen molar-refractivity contribution in [3.63, 3.8) is 0 Å². The first-order valence-corrected chi connectivity index (χ1v) is 10.4.